The molecule has 0 aromatic heterocycles. The van der Waals surface area contributed by atoms with Crippen LogP contribution in [-0.4, -0.2) is 90.8 Å². The van der Waals surface area contributed by atoms with E-state index in [1.54, 1.807) is 20.8 Å². The van der Waals surface area contributed by atoms with Crippen LogP contribution in [0, 0.1) is 5.41 Å². The van der Waals surface area contributed by atoms with Crippen LogP contribution in [0.15, 0.2) is 152 Å². The summed E-state index contributed by atoms with van der Waals surface area (Å²) in [6.45, 7) is 6.03. The molecular formula is C52H60O12. The molecule has 64 heavy (non-hydrogen) atoms. The van der Waals surface area contributed by atoms with Gasteiger partial charge in [-0.25, -0.2) is 0 Å². The second-order valence-corrected chi connectivity index (χ2v) is 17.1. The Bertz CT molecular complexity index is 2080. The van der Waals surface area contributed by atoms with Crippen LogP contribution >= 0.6 is 0 Å². The molecule has 5 aromatic carbocycles. The second kappa shape index (κ2) is 23.4. The van der Waals surface area contributed by atoms with E-state index in [1.165, 1.54) is 0 Å². The SMILES string of the molecule is CC(C)(C)C(=O)O[C@@H]1[C@@H](OCc2ccccc2)[C@H](O[C@@H]2O[C@H](COCc3ccccc3)[C@H](OCc3ccccc3)[C@H](O)[C@H]2OCc2ccccc2)[C@@H](COCc2ccccc2)O[C@H]1O. The minimum atomic E-state index is -1.62. The molecule has 2 aliphatic rings. The van der Waals surface area contributed by atoms with Crippen molar-refractivity contribution in [2.45, 2.75) is 115 Å². The van der Waals surface area contributed by atoms with Gasteiger partial charge in [0, 0.05) is 0 Å². The second-order valence-electron chi connectivity index (χ2n) is 17.1. The number of esters is 1. The highest BCUT2D eigenvalue weighted by molar-refractivity contribution is 5.75. The van der Waals surface area contributed by atoms with Gasteiger partial charge < -0.3 is 52.8 Å². The van der Waals surface area contributed by atoms with Crippen molar-refractivity contribution in [3.05, 3.63) is 179 Å². The first kappa shape index (κ1) is 47.1. The maximum atomic E-state index is 13.6. The first-order chi connectivity index (χ1) is 31.1. The Morgan fingerprint density at radius 2 is 0.859 bits per heavy atom. The highest BCUT2D eigenvalue weighted by atomic mass is 16.7. The Morgan fingerprint density at radius 1 is 0.484 bits per heavy atom. The van der Waals surface area contributed by atoms with E-state index < -0.39 is 72.8 Å². The molecule has 12 heteroatoms. The standard InChI is InChI=1S/C52H60O12/c1-52(2,3)51(55)64-48-47(60-33-40-27-17-8-18-28-40)45(42(61-49(48)54)35-57-30-37-21-11-5-12-22-37)63-50-46(59-32-39-25-15-7-16-26-39)43(53)44(58-31-38-23-13-6-14-24-38)41(62-50)34-56-29-36-19-9-4-10-20-36/h4-28,41-50,53-54H,29-35H2,1-3H3/t41-,42-,43+,44+,45-,46-,47+,48-,49-,50+/m1/s1. The van der Waals surface area contributed by atoms with Crippen molar-refractivity contribution < 1.29 is 57.6 Å². The highest BCUT2D eigenvalue weighted by Crippen LogP contribution is 2.35. The van der Waals surface area contributed by atoms with Gasteiger partial charge in [0.25, 0.3) is 0 Å². The Kier molecular flexibility index (Phi) is 17.2. The van der Waals surface area contributed by atoms with E-state index >= 15 is 0 Å². The highest BCUT2D eigenvalue weighted by Gasteiger charge is 2.54. The van der Waals surface area contributed by atoms with E-state index in [-0.39, 0.29) is 46.2 Å². The van der Waals surface area contributed by atoms with Gasteiger partial charge in [0.2, 0.25) is 0 Å². The molecule has 7 rings (SSSR count). The molecule has 0 radical (unpaired) electrons. The van der Waals surface area contributed by atoms with Crippen LogP contribution in [0.5, 0.6) is 0 Å². The smallest absolute Gasteiger partial charge is 0.311 e. The summed E-state index contributed by atoms with van der Waals surface area (Å²) < 4.78 is 58.4. The minimum Gasteiger partial charge on any atom is -0.454 e. The Labute approximate surface area is 375 Å². The van der Waals surface area contributed by atoms with Crippen molar-refractivity contribution in [3.63, 3.8) is 0 Å². The van der Waals surface area contributed by atoms with E-state index in [9.17, 15) is 15.0 Å². The number of rotatable bonds is 20. The van der Waals surface area contributed by atoms with Crippen LogP contribution in [0.1, 0.15) is 48.6 Å². The Balaban J connectivity index is 1.23. The average molecular weight is 877 g/mol. The molecule has 2 heterocycles. The number of benzene rings is 5. The molecule has 0 unspecified atom stereocenters. The predicted octanol–water partition coefficient (Wildman–Crippen LogP) is 7.32. The number of hydrogen-bond donors (Lipinski definition) is 2. The van der Waals surface area contributed by atoms with E-state index in [2.05, 4.69) is 0 Å². The average Bonchev–Trinajstić information content (AvgIpc) is 3.31. The van der Waals surface area contributed by atoms with E-state index in [0.29, 0.717) is 0 Å². The summed E-state index contributed by atoms with van der Waals surface area (Å²) in [5.41, 5.74) is 3.57. The van der Waals surface area contributed by atoms with Crippen LogP contribution in [0.4, 0.5) is 0 Å². The molecule has 0 spiro atoms. The molecule has 340 valence electrons. The molecule has 2 N–H and O–H groups in total. The molecule has 0 bridgehead atoms. The van der Waals surface area contributed by atoms with Crippen molar-refractivity contribution in [1.29, 1.82) is 0 Å². The zero-order chi connectivity index (χ0) is 44.7. The normalized spacial score (nSPS) is 26.0. The molecule has 12 nitrogen and oxygen atoms in total. The quantitative estimate of drug-likeness (QED) is 0.0758. The van der Waals surface area contributed by atoms with Crippen LogP contribution in [-0.2, 0) is 80.5 Å². The third kappa shape index (κ3) is 13.4. The van der Waals surface area contributed by atoms with Gasteiger partial charge in [-0.15, -0.1) is 0 Å². The lowest BCUT2D eigenvalue weighted by Gasteiger charge is -2.49. The minimum absolute atomic E-state index is 0.0277. The van der Waals surface area contributed by atoms with E-state index in [4.69, 9.17) is 42.6 Å². The van der Waals surface area contributed by atoms with Crippen LogP contribution in [0.25, 0.3) is 0 Å². The van der Waals surface area contributed by atoms with Crippen molar-refractivity contribution in [3.8, 4) is 0 Å². The summed E-state index contributed by atoms with van der Waals surface area (Å²) in [6.07, 6.45) is -11.7. The third-order valence-corrected chi connectivity index (χ3v) is 11.0. The number of aliphatic hydroxyl groups is 2. The van der Waals surface area contributed by atoms with Gasteiger partial charge in [0.1, 0.15) is 42.7 Å². The van der Waals surface area contributed by atoms with Crippen LogP contribution < -0.4 is 0 Å². The lowest BCUT2D eigenvalue weighted by atomic mass is 9.94. The summed E-state index contributed by atoms with van der Waals surface area (Å²) in [7, 11) is 0. The van der Waals surface area contributed by atoms with Crippen molar-refractivity contribution >= 4 is 5.97 Å². The number of carbonyl (C=O) groups is 1. The largest absolute Gasteiger partial charge is 0.454 e. The zero-order valence-electron chi connectivity index (χ0n) is 36.6. The number of carbonyl (C=O) groups excluding carboxylic acids is 1. The molecular weight excluding hydrogens is 817 g/mol. The topological polar surface area (TPSA) is 141 Å². The van der Waals surface area contributed by atoms with Gasteiger partial charge in [0.05, 0.1) is 51.7 Å². The fourth-order valence-electron chi connectivity index (χ4n) is 7.52. The maximum Gasteiger partial charge on any atom is 0.311 e. The molecule has 2 aliphatic heterocycles. The number of aliphatic hydroxyl groups excluding tert-OH is 2. The van der Waals surface area contributed by atoms with Crippen LogP contribution in [0.3, 0.4) is 0 Å². The molecule has 0 aliphatic carbocycles. The molecule has 0 amide bonds. The van der Waals surface area contributed by atoms with Gasteiger partial charge in [-0.2, -0.15) is 0 Å². The van der Waals surface area contributed by atoms with E-state index in [1.807, 2.05) is 152 Å². The van der Waals surface area contributed by atoms with E-state index in [0.717, 1.165) is 27.8 Å². The van der Waals surface area contributed by atoms with Gasteiger partial charge >= 0.3 is 5.97 Å². The molecule has 10 atom stereocenters. The molecule has 0 saturated carbocycles. The summed E-state index contributed by atoms with van der Waals surface area (Å²) in [6, 6.07) is 48.2. The maximum absolute atomic E-state index is 13.6. The third-order valence-electron chi connectivity index (χ3n) is 11.0. The first-order valence-electron chi connectivity index (χ1n) is 21.9. The zero-order valence-corrected chi connectivity index (χ0v) is 36.6. The van der Waals surface area contributed by atoms with Crippen LogP contribution in [0.2, 0.25) is 0 Å². The fourth-order valence-corrected chi connectivity index (χ4v) is 7.52. The van der Waals surface area contributed by atoms with Gasteiger partial charge in [-0.1, -0.05) is 152 Å². The lowest BCUT2D eigenvalue weighted by molar-refractivity contribution is -0.369. The molecule has 2 saturated heterocycles. The van der Waals surface area contributed by atoms with Gasteiger partial charge in [-0.3, -0.25) is 4.79 Å². The number of ether oxygens (including phenoxy) is 9. The summed E-state index contributed by atoms with van der Waals surface area (Å²) in [5.74, 6) is -0.576. The fraction of sp³-hybridized carbons (Fsp3) is 0.404. The van der Waals surface area contributed by atoms with Gasteiger partial charge in [0.15, 0.2) is 18.7 Å². The monoisotopic (exact) mass is 876 g/mol. The summed E-state index contributed by atoms with van der Waals surface area (Å²) in [4.78, 5) is 13.6. The lowest BCUT2D eigenvalue weighted by Crippen LogP contribution is -2.66. The number of hydrogen-bond acceptors (Lipinski definition) is 12. The van der Waals surface area contributed by atoms with Gasteiger partial charge in [-0.05, 0) is 48.6 Å². The Hall–Kier alpha value is -4.83. The molecule has 5 aromatic rings. The summed E-state index contributed by atoms with van der Waals surface area (Å²) >= 11 is 0. The summed E-state index contributed by atoms with van der Waals surface area (Å²) in [5, 5.41) is 24.1. The van der Waals surface area contributed by atoms with Crippen molar-refractivity contribution in [1.82, 2.24) is 0 Å². The molecule has 2 fully saturated rings. The van der Waals surface area contributed by atoms with Crippen molar-refractivity contribution in [2.75, 3.05) is 13.2 Å². The van der Waals surface area contributed by atoms with Crippen molar-refractivity contribution in [2.24, 2.45) is 5.41 Å². The predicted molar refractivity (Wildman–Crippen MR) is 237 cm³/mol. The first-order valence-corrected chi connectivity index (χ1v) is 21.9. The Morgan fingerprint density at radius 3 is 1.28 bits per heavy atom.